The van der Waals surface area contributed by atoms with Gasteiger partial charge >= 0.3 is 0 Å². The minimum Gasteiger partial charge on any atom is -0.509 e. The molecule has 0 atom stereocenters. The van der Waals surface area contributed by atoms with E-state index in [1.807, 2.05) is 42.5 Å². The fraction of sp³-hybridized carbons (Fsp3) is 0.133. The van der Waals surface area contributed by atoms with Crippen molar-refractivity contribution in [2.45, 2.75) is 6.54 Å². The molecule has 4 heteroatoms. The second kappa shape index (κ2) is 7.75. The van der Waals surface area contributed by atoms with Crippen LogP contribution in [0.5, 0.6) is 0 Å². The van der Waals surface area contributed by atoms with Crippen molar-refractivity contribution in [3.8, 4) is 0 Å². The Kier molecular flexibility index (Phi) is 6.30. The Labute approximate surface area is 127 Å². The molecule has 0 aromatic heterocycles. The van der Waals surface area contributed by atoms with Gasteiger partial charge in [-0.05, 0) is 16.8 Å². The summed E-state index contributed by atoms with van der Waals surface area (Å²) in [5.74, 6) is -0.383. The Hall–Kier alpha value is -1.60. The number of methoxy groups -OCH3 is 1. The fourth-order valence-corrected chi connectivity index (χ4v) is 1.65. The van der Waals surface area contributed by atoms with Gasteiger partial charge in [0.25, 0.3) is 5.97 Å². The van der Waals surface area contributed by atoms with Crippen LogP contribution >= 0.6 is 0 Å². The summed E-state index contributed by atoms with van der Waals surface area (Å²) in [6.07, 6.45) is 0. The van der Waals surface area contributed by atoms with Crippen molar-refractivity contribution in [2.24, 2.45) is 0 Å². The van der Waals surface area contributed by atoms with Gasteiger partial charge in [0.2, 0.25) is 0 Å². The molecule has 0 bridgehead atoms. The molecule has 0 saturated carbocycles. The summed E-state index contributed by atoms with van der Waals surface area (Å²) in [5, 5.41) is 3.21. The van der Waals surface area contributed by atoms with Crippen molar-refractivity contribution in [3.63, 3.8) is 0 Å². The Morgan fingerprint density at radius 1 is 1.21 bits per heavy atom. The quantitative estimate of drug-likeness (QED) is 0.607. The monoisotopic (exact) mass is 424 g/mol. The van der Waals surface area contributed by atoms with Gasteiger partial charge in [-0.25, -0.2) is 0 Å². The molecule has 0 heterocycles. The van der Waals surface area contributed by atoms with Gasteiger partial charge in [0.15, 0.2) is 0 Å². The first-order chi connectivity index (χ1) is 8.81. The molecule has 3 nitrogen and oxygen atoms in total. The van der Waals surface area contributed by atoms with E-state index >= 15 is 0 Å². The van der Waals surface area contributed by atoms with Gasteiger partial charge in [-0.15, -0.1) is 24.3 Å². The van der Waals surface area contributed by atoms with Crippen molar-refractivity contribution in [3.05, 3.63) is 65.7 Å². The Morgan fingerprint density at radius 2 is 1.95 bits per heavy atom. The molecule has 0 radical (unpaired) electrons. The first-order valence-corrected chi connectivity index (χ1v) is 5.68. The van der Waals surface area contributed by atoms with Crippen LogP contribution in [0, 0.1) is 6.07 Å². The van der Waals surface area contributed by atoms with Crippen LogP contribution in [-0.4, -0.2) is 13.1 Å². The molecule has 2 aromatic rings. The second-order valence-electron chi connectivity index (χ2n) is 3.79. The molecule has 0 saturated heterocycles. The van der Waals surface area contributed by atoms with Gasteiger partial charge in [-0.3, -0.25) is 0 Å². The number of carbonyl (C=O) groups excluding carboxylic acids is 1. The Morgan fingerprint density at radius 3 is 2.63 bits per heavy atom. The average Bonchev–Trinajstić information content (AvgIpc) is 2.45. The standard InChI is InChI=1S/C15H14NO2.W/c1-18-15(17)13-9-5-6-10-14(13)16-11-12-7-3-2-4-8-12;/h2-8,10,16H,11H2,1H3;/q-1;. The van der Waals surface area contributed by atoms with Gasteiger partial charge in [0.05, 0.1) is 7.11 Å². The zero-order valence-electron chi connectivity index (χ0n) is 10.6. The molecular formula is C15H14NO2W-. The van der Waals surface area contributed by atoms with Gasteiger partial charge in [-0.2, -0.15) is 0 Å². The van der Waals surface area contributed by atoms with Crippen molar-refractivity contribution in [1.29, 1.82) is 0 Å². The smallest absolute Gasteiger partial charge is 0.251 e. The van der Waals surface area contributed by atoms with Crippen LogP contribution in [-0.2, 0) is 32.3 Å². The summed E-state index contributed by atoms with van der Waals surface area (Å²) < 4.78 is 4.72. The van der Waals surface area contributed by atoms with Gasteiger partial charge in [0, 0.05) is 27.6 Å². The second-order valence-corrected chi connectivity index (χ2v) is 3.79. The number of carbonyl (C=O) groups is 1. The van der Waals surface area contributed by atoms with E-state index in [-0.39, 0.29) is 27.0 Å². The summed E-state index contributed by atoms with van der Waals surface area (Å²) >= 11 is 0. The van der Waals surface area contributed by atoms with Crippen molar-refractivity contribution >= 4 is 11.7 Å². The first kappa shape index (κ1) is 15.5. The third-order valence-electron chi connectivity index (χ3n) is 2.57. The molecule has 2 aromatic carbocycles. The van der Waals surface area contributed by atoms with Crippen molar-refractivity contribution < 1.29 is 30.6 Å². The first-order valence-electron chi connectivity index (χ1n) is 5.68. The predicted octanol–water partition coefficient (Wildman–Crippen LogP) is 2.88. The average molecular weight is 424 g/mol. The fourth-order valence-electron chi connectivity index (χ4n) is 1.65. The third kappa shape index (κ3) is 4.22. The molecule has 0 aliphatic rings. The molecule has 0 aliphatic carbocycles. The third-order valence-corrected chi connectivity index (χ3v) is 2.57. The van der Waals surface area contributed by atoms with E-state index in [9.17, 15) is 4.79 Å². The Balaban J connectivity index is 0.00000180. The number of rotatable bonds is 4. The number of anilines is 1. The largest absolute Gasteiger partial charge is 0.509 e. The molecule has 2 rings (SSSR count). The molecule has 0 spiro atoms. The van der Waals surface area contributed by atoms with Crippen molar-refractivity contribution in [1.82, 2.24) is 0 Å². The van der Waals surface area contributed by atoms with Crippen LogP contribution < -0.4 is 5.32 Å². The minimum absolute atomic E-state index is 0. The maximum absolute atomic E-state index is 11.6. The number of ether oxygens (including phenoxy) is 1. The summed E-state index contributed by atoms with van der Waals surface area (Å²) in [5.41, 5.74) is 2.31. The molecule has 98 valence electrons. The number of nitrogens with one attached hydrogen (secondary N) is 1. The zero-order chi connectivity index (χ0) is 12.8. The molecular weight excluding hydrogens is 410 g/mol. The van der Waals surface area contributed by atoms with E-state index in [4.69, 9.17) is 4.74 Å². The topological polar surface area (TPSA) is 38.3 Å². The van der Waals surface area contributed by atoms with Crippen LogP contribution in [0.1, 0.15) is 15.9 Å². The summed E-state index contributed by atoms with van der Waals surface area (Å²) in [6, 6.07) is 18.2. The molecule has 0 amide bonds. The minimum atomic E-state index is -0.383. The van der Waals surface area contributed by atoms with E-state index in [0.717, 1.165) is 11.3 Å². The summed E-state index contributed by atoms with van der Waals surface area (Å²) in [7, 11) is 1.37. The molecule has 0 aliphatic heterocycles. The van der Waals surface area contributed by atoms with Crippen LogP contribution in [0.25, 0.3) is 0 Å². The molecule has 0 unspecified atom stereocenters. The Bertz CT molecular complexity index is 529. The zero-order valence-corrected chi connectivity index (χ0v) is 13.5. The van der Waals surface area contributed by atoms with Crippen LogP contribution in [0.15, 0.2) is 48.5 Å². The van der Waals surface area contributed by atoms with E-state index in [0.29, 0.717) is 12.1 Å². The number of esters is 1. The molecule has 1 N–H and O–H groups in total. The molecule has 19 heavy (non-hydrogen) atoms. The van der Waals surface area contributed by atoms with E-state index in [2.05, 4.69) is 11.4 Å². The summed E-state index contributed by atoms with van der Waals surface area (Å²) in [4.78, 5) is 11.6. The van der Waals surface area contributed by atoms with Crippen LogP contribution in [0.3, 0.4) is 0 Å². The predicted molar refractivity (Wildman–Crippen MR) is 70.4 cm³/mol. The summed E-state index contributed by atoms with van der Waals surface area (Å²) in [6.45, 7) is 0.655. The van der Waals surface area contributed by atoms with Crippen LogP contribution in [0.2, 0.25) is 0 Å². The van der Waals surface area contributed by atoms with E-state index < -0.39 is 0 Å². The maximum Gasteiger partial charge on any atom is 0.251 e. The van der Waals surface area contributed by atoms with E-state index in [1.165, 1.54) is 7.11 Å². The van der Waals surface area contributed by atoms with Crippen molar-refractivity contribution in [2.75, 3.05) is 12.4 Å². The normalized spacial score (nSPS) is 9.32. The number of hydrogen-bond acceptors (Lipinski definition) is 3. The molecule has 0 fully saturated rings. The van der Waals surface area contributed by atoms with Crippen LogP contribution in [0.4, 0.5) is 5.69 Å². The van der Waals surface area contributed by atoms with Gasteiger partial charge < -0.3 is 14.8 Å². The van der Waals surface area contributed by atoms with E-state index in [1.54, 1.807) is 6.07 Å². The maximum atomic E-state index is 11.6. The number of benzene rings is 2. The van der Waals surface area contributed by atoms with Gasteiger partial charge in [0.1, 0.15) is 0 Å². The van der Waals surface area contributed by atoms with Gasteiger partial charge in [-0.1, -0.05) is 30.3 Å². The SMILES string of the molecule is COC(=O)c1[c-]cccc1NCc1ccccc1.[W]. The number of hydrogen-bond donors (Lipinski definition) is 1.